The van der Waals surface area contributed by atoms with E-state index in [0.717, 1.165) is 10.3 Å². The highest BCUT2D eigenvalue weighted by molar-refractivity contribution is 7.22. The van der Waals surface area contributed by atoms with Gasteiger partial charge in [-0.3, -0.25) is 19.5 Å². The van der Waals surface area contributed by atoms with Gasteiger partial charge in [-0.1, -0.05) is 47.7 Å². The Morgan fingerprint density at radius 3 is 2.45 bits per heavy atom. The molecule has 1 aliphatic heterocycles. The second-order valence-electron chi connectivity index (χ2n) is 9.42. The van der Waals surface area contributed by atoms with E-state index in [2.05, 4.69) is 9.97 Å². The van der Waals surface area contributed by atoms with Crippen LogP contribution in [0.1, 0.15) is 22.7 Å². The van der Waals surface area contributed by atoms with Gasteiger partial charge in [0.1, 0.15) is 18.1 Å². The van der Waals surface area contributed by atoms with Crippen molar-refractivity contribution < 1.29 is 28.9 Å². The maximum Gasteiger partial charge on any atom is 0.301 e. The number of thiazole rings is 1. The molecule has 1 atom stereocenters. The summed E-state index contributed by atoms with van der Waals surface area (Å²) in [6.07, 6.45) is 3.01. The number of Topliss-reactive ketones (excluding diaryl/α,β-unsaturated/α-hetero) is 1. The molecule has 1 saturated heterocycles. The second kappa shape index (κ2) is 11.3. The molecule has 42 heavy (non-hydrogen) atoms. The molecule has 210 valence electrons. The van der Waals surface area contributed by atoms with E-state index < -0.39 is 17.7 Å². The van der Waals surface area contributed by atoms with E-state index in [0.29, 0.717) is 45.6 Å². The smallest absolute Gasteiger partial charge is 0.301 e. The first-order valence-corrected chi connectivity index (χ1v) is 13.8. The summed E-state index contributed by atoms with van der Waals surface area (Å²) in [7, 11) is 3.09. The normalized spacial score (nSPS) is 16.1. The predicted octanol–water partition coefficient (Wildman–Crippen LogP) is 5.91. The number of aromatic nitrogens is 2. The lowest BCUT2D eigenvalue weighted by molar-refractivity contribution is -0.132. The molecule has 10 heteroatoms. The van der Waals surface area contributed by atoms with Crippen LogP contribution in [0.4, 0.5) is 5.13 Å². The largest absolute Gasteiger partial charge is 0.507 e. The van der Waals surface area contributed by atoms with Gasteiger partial charge in [-0.15, -0.1) is 0 Å². The molecule has 1 aliphatic rings. The lowest BCUT2D eigenvalue weighted by Gasteiger charge is -2.24. The van der Waals surface area contributed by atoms with Crippen molar-refractivity contribution in [3.63, 3.8) is 0 Å². The molecule has 1 N–H and O–H groups in total. The van der Waals surface area contributed by atoms with Crippen LogP contribution in [0.5, 0.6) is 17.2 Å². The minimum atomic E-state index is -0.988. The molecular formula is C32H25N3O6S. The first-order chi connectivity index (χ1) is 20.5. The number of nitrogens with zero attached hydrogens (tertiary/aromatic N) is 3. The number of ketones is 1. The summed E-state index contributed by atoms with van der Waals surface area (Å²) in [5.41, 5.74) is 2.46. The lowest BCUT2D eigenvalue weighted by Crippen LogP contribution is -2.29. The molecule has 3 aromatic carbocycles. The van der Waals surface area contributed by atoms with Gasteiger partial charge in [-0.05, 0) is 53.6 Å². The van der Waals surface area contributed by atoms with E-state index >= 15 is 0 Å². The number of methoxy groups -OCH3 is 2. The third-order valence-electron chi connectivity index (χ3n) is 6.93. The molecule has 9 nitrogen and oxygen atoms in total. The molecule has 0 radical (unpaired) electrons. The Hall–Kier alpha value is -5.22. The van der Waals surface area contributed by atoms with Crippen LogP contribution in [0.3, 0.4) is 0 Å². The molecule has 1 amide bonds. The maximum atomic E-state index is 13.6. The summed E-state index contributed by atoms with van der Waals surface area (Å²) in [4.78, 5) is 37.2. The van der Waals surface area contributed by atoms with E-state index in [9.17, 15) is 14.7 Å². The summed E-state index contributed by atoms with van der Waals surface area (Å²) in [6, 6.07) is 22.5. The average molecular weight is 580 g/mol. The topological polar surface area (TPSA) is 111 Å². The summed E-state index contributed by atoms with van der Waals surface area (Å²) < 4.78 is 17.8. The highest BCUT2D eigenvalue weighted by Crippen LogP contribution is 2.46. The minimum Gasteiger partial charge on any atom is -0.507 e. The van der Waals surface area contributed by atoms with Crippen LogP contribution in [0.15, 0.2) is 96.8 Å². The Morgan fingerprint density at radius 2 is 1.71 bits per heavy atom. The molecule has 6 rings (SSSR count). The number of ether oxygens (including phenoxy) is 3. The molecule has 0 saturated carbocycles. The van der Waals surface area contributed by atoms with E-state index in [1.807, 2.05) is 36.4 Å². The lowest BCUT2D eigenvalue weighted by atomic mass is 9.95. The highest BCUT2D eigenvalue weighted by atomic mass is 32.1. The molecule has 5 aromatic rings. The van der Waals surface area contributed by atoms with Crippen molar-refractivity contribution in [2.24, 2.45) is 0 Å². The first kappa shape index (κ1) is 27.0. The fraction of sp³-hybridized carbons (Fsp3) is 0.125. The van der Waals surface area contributed by atoms with Gasteiger partial charge in [-0.2, -0.15) is 0 Å². The van der Waals surface area contributed by atoms with Gasteiger partial charge in [0, 0.05) is 18.0 Å². The number of benzene rings is 3. The van der Waals surface area contributed by atoms with E-state index in [-0.39, 0.29) is 11.3 Å². The Morgan fingerprint density at radius 1 is 0.929 bits per heavy atom. The van der Waals surface area contributed by atoms with Gasteiger partial charge in [0.25, 0.3) is 5.78 Å². The number of carbonyl (C=O) groups excluding carboxylic acids is 2. The van der Waals surface area contributed by atoms with E-state index in [1.54, 1.807) is 49.6 Å². The van der Waals surface area contributed by atoms with Crippen LogP contribution in [0.25, 0.3) is 16.0 Å². The number of fused-ring (bicyclic) bond motifs is 1. The minimum absolute atomic E-state index is 0.0666. The third-order valence-corrected chi connectivity index (χ3v) is 7.95. The summed E-state index contributed by atoms with van der Waals surface area (Å²) >= 11 is 1.25. The zero-order valence-electron chi connectivity index (χ0n) is 22.7. The molecule has 1 unspecified atom stereocenters. The Labute approximate surface area is 245 Å². The molecule has 3 heterocycles. The number of rotatable bonds is 8. The van der Waals surface area contributed by atoms with E-state index in [4.69, 9.17) is 14.2 Å². The Bertz CT molecular complexity index is 1820. The quantitative estimate of drug-likeness (QED) is 0.137. The van der Waals surface area contributed by atoms with E-state index in [1.165, 1.54) is 35.7 Å². The zero-order valence-corrected chi connectivity index (χ0v) is 23.5. The number of anilines is 1. The van der Waals surface area contributed by atoms with Crippen molar-refractivity contribution in [3.05, 3.63) is 114 Å². The van der Waals surface area contributed by atoms with Crippen molar-refractivity contribution in [3.8, 4) is 17.2 Å². The average Bonchev–Trinajstić information content (AvgIpc) is 3.57. The first-order valence-electron chi connectivity index (χ1n) is 13.0. The number of amides is 1. The SMILES string of the molecule is COc1ccc2nc(N3C(=O)C(=O)C(=C(O)c4ccncc4)C3c3ccc(OCc4ccccc4)c(OC)c3)sc2c1. The fourth-order valence-electron chi connectivity index (χ4n) is 4.84. The molecule has 0 aliphatic carbocycles. The van der Waals surface area contributed by atoms with Crippen molar-refractivity contribution in [2.45, 2.75) is 12.6 Å². The molecule has 0 spiro atoms. The van der Waals surface area contributed by atoms with Crippen LogP contribution in [-0.4, -0.2) is 41.0 Å². The summed E-state index contributed by atoms with van der Waals surface area (Å²) in [5.74, 6) is -0.394. The standard InChI is InChI=1S/C32H25N3O6S/c1-39-22-9-10-23-26(17-22)42-32(34-23)35-28(27(30(37)31(35)38)29(36)20-12-14-33-15-13-20)21-8-11-24(25(16-21)40-2)41-18-19-6-4-3-5-7-19/h3-17,28,36H,18H2,1-2H3. The van der Waals surface area contributed by atoms with Crippen molar-refractivity contribution in [2.75, 3.05) is 19.1 Å². The van der Waals surface area contributed by atoms with Gasteiger partial charge >= 0.3 is 5.91 Å². The maximum absolute atomic E-state index is 13.6. The van der Waals surface area contributed by atoms with Crippen LogP contribution in [-0.2, 0) is 16.2 Å². The number of aliphatic hydroxyl groups is 1. The number of pyridine rings is 1. The van der Waals surface area contributed by atoms with Gasteiger partial charge in [-0.25, -0.2) is 4.98 Å². The zero-order chi connectivity index (χ0) is 29.2. The summed E-state index contributed by atoms with van der Waals surface area (Å²) in [6.45, 7) is 0.326. The number of hydrogen-bond acceptors (Lipinski definition) is 9. The predicted molar refractivity (Wildman–Crippen MR) is 159 cm³/mol. The van der Waals surface area contributed by atoms with Gasteiger partial charge in [0.05, 0.1) is 36.1 Å². The molecule has 1 fully saturated rings. The van der Waals surface area contributed by atoms with Crippen LogP contribution in [0, 0.1) is 0 Å². The van der Waals surface area contributed by atoms with Gasteiger partial charge in [0.15, 0.2) is 16.6 Å². The number of carbonyl (C=O) groups is 2. The molecule has 2 aromatic heterocycles. The second-order valence-corrected chi connectivity index (χ2v) is 10.4. The van der Waals surface area contributed by atoms with Gasteiger partial charge in [0.2, 0.25) is 0 Å². The van der Waals surface area contributed by atoms with Crippen molar-refractivity contribution >= 4 is 44.1 Å². The number of aliphatic hydroxyl groups excluding tert-OH is 1. The summed E-state index contributed by atoms with van der Waals surface area (Å²) in [5, 5.41) is 11.7. The monoisotopic (exact) mass is 579 g/mol. The molecular weight excluding hydrogens is 554 g/mol. The van der Waals surface area contributed by atoms with Crippen LogP contribution < -0.4 is 19.1 Å². The van der Waals surface area contributed by atoms with Crippen LogP contribution >= 0.6 is 11.3 Å². The van der Waals surface area contributed by atoms with Crippen molar-refractivity contribution in [1.82, 2.24) is 9.97 Å². The fourth-order valence-corrected chi connectivity index (χ4v) is 5.86. The van der Waals surface area contributed by atoms with Gasteiger partial charge < -0.3 is 19.3 Å². The number of hydrogen-bond donors (Lipinski definition) is 1. The third kappa shape index (κ3) is 4.92. The van der Waals surface area contributed by atoms with Crippen molar-refractivity contribution in [1.29, 1.82) is 0 Å². The molecule has 0 bridgehead atoms. The Balaban J connectivity index is 1.47. The highest BCUT2D eigenvalue weighted by Gasteiger charge is 2.48. The van der Waals surface area contributed by atoms with Crippen LogP contribution in [0.2, 0.25) is 0 Å². The Kier molecular flexibility index (Phi) is 7.28.